The number of ether oxygens (including phenoxy) is 1. The average molecular weight is 274 g/mol. The first-order valence-electron chi connectivity index (χ1n) is 6.42. The number of hydrogen-bond donors (Lipinski definition) is 1. The molecule has 1 heterocycles. The van der Waals surface area contributed by atoms with Gasteiger partial charge in [0.05, 0.1) is 0 Å². The van der Waals surface area contributed by atoms with E-state index in [1.807, 2.05) is 42.5 Å². The van der Waals surface area contributed by atoms with Crippen LogP contribution in [0.25, 0.3) is 0 Å². The van der Waals surface area contributed by atoms with Gasteiger partial charge in [-0.3, -0.25) is 0 Å². The van der Waals surface area contributed by atoms with Crippen LogP contribution < -0.4 is 10.5 Å². The quantitative estimate of drug-likeness (QED) is 0.846. The maximum Gasteiger partial charge on any atom is 0.126 e. The summed E-state index contributed by atoms with van der Waals surface area (Å²) in [5, 5.41) is 0.752. The number of para-hydroxylation sites is 1. The van der Waals surface area contributed by atoms with E-state index in [0.29, 0.717) is 0 Å². The lowest BCUT2D eigenvalue weighted by molar-refractivity contribution is 0.161. The summed E-state index contributed by atoms with van der Waals surface area (Å²) in [5.74, 6) is 0.889. The Hall–Kier alpha value is -1.51. The van der Waals surface area contributed by atoms with E-state index >= 15 is 0 Å². The van der Waals surface area contributed by atoms with Crippen molar-refractivity contribution in [1.29, 1.82) is 0 Å². The van der Waals surface area contributed by atoms with E-state index in [0.717, 1.165) is 33.9 Å². The third-order valence-electron chi connectivity index (χ3n) is 3.63. The highest BCUT2D eigenvalue weighted by atomic mass is 35.5. The molecule has 1 unspecified atom stereocenters. The zero-order valence-electron chi connectivity index (χ0n) is 10.8. The van der Waals surface area contributed by atoms with Gasteiger partial charge >= 0.3 is 0 Å². The van der Waals surface area contributed by atoms with Crippen LogP contribution in [0.5, 0.6) is 5.75 Å². The van der Waals surface area contributed by atoms with Crippen molar-refractivity contribution in [3.63, 3.8) is 0 Å². The summed E-state index contributed by atoms with van der Waals surface area (Å²) in [6, 6.07) is 13.9. The topological polar surface area (TPSA) is 35.2 Å². The van der Waals surface area contributed by atoms with Crippen molar-refractivity contribution in [2.75, 3.05) is 0 Å². The van der Waals surface area contributed by atoms with Crippen LogP contribution in [0.3, 0.4) is 0 Å². The van der Waals surface area contributed by atoms with Gasteiger partial charge in [-0.05, 0) is 36.2 Å². The van der Waals surface area contributed by atoms with Gasteiger partial charge in [-0.1, -0.05) is 35.9 Å². The number of aryl methyl sites for hydroxylation is 1. The van der Waals surface area contributed by atoms with Gasteiger partial charge in [-0.2, -0.15) is 0 Å². The minimum Gasteiger partial charge on any atom is -0.485 e. The highest BCUT2D eigenvalue weighted by Gasteiger charge is 2.27. The van der Waals surface area contributed by atoms with Crippen LogP contribution in [0.1, 0.15) is 35.3 Å². The summed E-state index contributed by atoms with van der Waals surface area (Å²) in [6.07, 6.45) is 0.793. The third-order valence-corrected chi connectivity index (χ3v) is 3.87. The minimum absolute atomic E-state index is 0.00201. The zero-order chi connectivity index (χ0) is 13.4. The molecule has 0 spiro atoms. The average Bonchev–Trinajstić information content (AvgIpc) is 2.38. The lowest BCUT2D eigenvalue weighted by atomic mass is 9.92. The van der Waals surface area contributed by atoms with Crippen LogP contribution >= 0.6 is 11.6 Å². The van der Waals surface area contributed by atoms with Crippen LogP contribution in [-0.4, -0.2) is 0 Å². The Morgan fingerprint density at radius 1 is 1.16 bits per heavy atom. The van der Waals surface area contributed by atoms with E-state index in [2.05, 4.69) is 6.92 Å². The number of rotatable bonds is 1. The molecule has 98 valence electrons. The molecule has 2 atom stereocenters. The first kappa shape index (κ1) is 12.5. The smallest absolute Gasteiger partial charge is 0.126 e. The lowest BCUT2D eigenvalue weighted by Crippen LogP contribution is -2.24. The number of fused-ring (bicyclic) bond motifs is 1. The summed E-state index contributed by atoms with van der Waals surface area (Å²) in [4.78, 5) is 0. The molecule has 19 heavy (non-hydrogen) atoms. The molecule has 1 aliphatic rings. The number of benzene rings is 2. The van der Waals surface area contributed by atoms with Gasteiger partial charge in [0.15, 0.2) is 0 Å². The molecule has 0 fully saturated rings. The van der Waals surface area contributed by atoms with Crippen molar-refractivity contribution in [3.05, 3.63) is 64.2 Å². The predicted molar refractivity (Wildman–Crippen MR) is 77.5 cm³/mol. The summed E-state index contributed by atoms with van der Waals surface area (Å²) in [5.41, 5.74) is 9.64. The number of nitrogens with two attached hydrogens (primary N) is 1. The van der Waals surface area contributed by atoms with Crippen LogP contribution in [-0.2, 0) is 0 Å². The van der Waals surface area contributed by atoms with Gasteiger partial charge in [-0.25, -0.2) is 0 Å². The van der Waals surface area contributed by atoms with Crippen LogP contribution in [0.4, 0.5) is 0 Å². The maximum atomic E-state index is 6.25. The molecular formula is C16H16ClNO. The van der Waals surface area contributed by atoms with E-state index < -0.39 is 0 Å². The van der Waals surface area contributed by atoms with E-state index in [1.54, 1.807) is 0 Å². The molecule has 2 aromatic rings. The molecule has 0 aliphatic carbocycles. The Bertz CT molecular complexity index is 611. The largest absolute Gasteiger partial charge is 0.485 e. The molecule has 0 radical (unpaired) electrons. The fourth-order valence-corrected chi connectivity index (χ4v) is 2.87. The van der Waals surface area contributed by atoms with Crippen LogP contribution in [0.2, 0.25) is 5.02 Å². The molecule has 0 amide bonds. The number of halogens is 1. The Labute approximate surface area is 118 Å². The van der Waals surface area contributed by atoms with E-state index in [-0.39, 0.29) is 12.1 Å². The normalized spacial score (nSPS) is 21.6. The standard InChI is InChI=1S/C16H16ClNO/c1-10-8-11(17)6-7-12(10)16-9-14(18)13-4-2-3-5-15(13)19-16/h2-8,14,16H,9,18H2,1H3/t14-,16?/m1/s1. The molecule has 1 aliphatic heterocycles. The molecular weight excluding hydrogens is 258 g/mol. The first-order chi connectivity index (χ1) is 9.15. The van der Waals surface area contributed by atoms with Crippen molar-refractivity contribution in [2.45, 2.75) is 25.5 Å². The Morgan fingerprint density at radius 3 is 2.74 bits per heavy atom. The summed E-state index contributed by atoms with van der Waals surface area (Å²) >= 11 is 6.00. The molecule has 0 aromatic heterocycles. The lowest BCUT2D eigenvalue weighted by Gasteiger charge is -2.31. The fourth-order valence-electron chi connectivity index (χ4n) is 2.64. The van der Waals surface area contributed by atoms with Crippen LogP contribution in [0, 0.1) is 6.92 Å². The Kier molecular flexibility index (Phi) is 3.21. The van der Waals surface area contributed by atoms with E-state index in [4.69, 9.17) is 22.1 Å². The van der Waals surface area contributed by atoms with Gasteiger partial charge in [0.25, 0.3) is 0 Å². The monoisotopic (exact) mass is 273 g/mol. The van der Waals surface area contributed by atoms with Gasteiger partial charge in [0.1, 0.15) is 11.9 Å². The Morgan fingerprint density at radius 2 is 1.95 bits per heavy atom. The molecule has 3 heteroatoms. The van der Waals surface area contributed by atoms with Gasteiger partial charge in [0.2, 0.25) is 0 Å². The van der Waals surface area contributed by atoms with Gasteiger partial charge in [0, 0.05) is 23.0 Å². The molecule has 3 rings (SSSR count). The van der Waals surface area contributed by atoms with Crippen molar-refractivity contribution in [3.8, 4) is 5.75 Å². The number of hydrogen-bond acceptors (Lipinski definition) is 2. The third kappa shape index (κ3) is 2.34. The van der Waals surface area contributed by atoms with Crippen molar-refractivity contribution < 1.29 is 4.74 Å². The highest BCUT2D eigenvalue weighted by Crippen LogP contribution is 2.40. The SMILES string of the molecule is Cc1cc(Cl)ccc1C1C[C@@H](N)c2ccccc2O1. The maximum absolute atomic E-state index is 6.25. The second kappa shape index (κ2) is 4.87. The molecule has 0 bridgehead atoms. The molecule has 2 N–H and O–H groups in total. The molecule has 0 saturated carbocycles. The van der Waals surface area contributed by atoms with Crippen molar-refractivity contribution in [1.82, 2.24) is 0 Å². The van der Waals surface area contributed by atoms with Gasteiger partial charge in [-0.15, -0.1) is 0 Å². The predicted octanol–water partition coefficient (Wildman–Crippen LogP) is 4.17. The molecule has 2 aromatic carbocycles. The van der Waals surface area contributed by atoms with E-state index in [9.17, 15) is 0 Å². The van der Waals surface area contributed by atoms with Gasteiger partial charge < -0.3 is 10.5 Å². The summed E-state index contributed by atoms with van der Waals surface area (Å²) in [7, 11) is 0. The Balaban J connectivity index is 1.97. The zero-order valence-corrected chi connectivity index (χ0v) is 11.5. The fraction of sp³-hybridized carbons (Fsp3) is 0.250. The second-order valence-corrected chi connectivity index (χ2v) is 5.42. The first-order valence-corrected chi connectivity index (χ1v) is 6.80. The molecule has 2 nitrogen and oxygen atoms in total. The van der Waals surface area contributed by atoms with Crippen LogP contribution in [0.15, 0.2) is 42.5 Å². The van der Waals surface area contributed by atoms with Crippen molar-refractivity contribution in [2.24, 2.45) is 5.73 Å². The van der Waals surface area contributed by atoms with E-state index in [1.165, 1.54) is 0 Å². The minimum atomic E-state index is 0.00201. The highest BCUT2D eigenvalue weighted by molar-refractivity contribution is 6.30. The molecule has 0 saturated heterocycles. The summed E-state index contributed by atoms with van der Waals surface area (Å²) < 4.78 is 6.09. The van der Waals surface area contributed by atoms with Crippen molar-refractivity contribution >= 4 is 11.6 Å². The second-order valence-electron chi connectivity index (χ2n) is 4.99. The summed E-state index contributed by atoms with van der Waals surface area (Å²) in [6.45, 7) is 2.05.